The molecule has 0 bridgehead atoms. The van der Waals surface area contributed by atoms with Gasteiger partial charge in [0.1, 0.15) is 0 Å². The molecule has 0 spiro atoms. The normalized spacial score (nSPS) is 17.6. The summed E-state index contributed by atoms with van der Waals surface area (Å²) in [5.74, 6) is 0.485. The predicted octanol–water partition coefficient (Wildman–Crippen LogP) is 1.59. The Morgan fingerprint density at radius 2 is 2.27 bits per heavy atom. The number of likely N-dealkylation sites (tertiary alicyclic amines) is 1. The minimum absolute atomic E-state index is 0.0273. The van der Waals surface area contributed by atoms with Crippen LogP contribution < -0.4 is 5.73 Å². The van der Waals surface area contributed by atoms with E-state index in [2.05, 4.69) is 10.3 Å². The van der Waals surface area contributed by atoms with Crippen molar-refractivity contribution >= 4 is 17.2 Å². The second-order valence-electron chi connectivity index (χ2n) is 5.87. The Balaban J connectivity index is 1.60. The van der Waals surface area contributed by atoms with E-state index in [1.807, 2.05) is 29.3 Å². The van der Waals surface area contributed by atoms with Gasteiger partial charge in [0.05, 0.1) is 12.7 Å². The molecule has 1 unspecified atom stereocenters. The number of aromatic nitrogens is 3. The van der Waals surface area contributed by atoms with E-state index < -0.39 is 0 Å². The van der Waals surface area contributed by atoms with E-state index >= 15 is 0 Å². The maximum atomic E-state index is 12.5. The Bertz CT molecular complexity index is 614. The van der Waals surface area contributed by atoms with E-state index in [0.29, 0.717) is 18.2 Å². The maximum Gasteiger partial charge on any atom is 0.276 e. The number of hydrogen-bond donors (Lipinski definition) is 1. The van der Waals surface area contributed by atoms with Crippen molar-refractivity contribution in [3.63, 3.8) is 0 Å². The topological polar surface area (TPSA) is 77.0 Å². The molecular weight excluding hydrogens is 298 g/mol. The highest BCUT2D eigenvalue weighted by atomic mass is 32.1. The highest BCUT2D eigenvalue weighted by Gasteiger charge is 2.26. The van der Waals surface area contributed by atoms with E-state index in [0.717, 1.165) is 25.9 Å². The van der Waals surface area contributed by atoms with E-state index in [9.17, 15) is 4.79 Å². The van der Waals surface area contributed by atoms with E-state index in [1.165, 1.54) is 4.88 Å². The van der Waals surface area contributed by atoms with Gasteiger partial charge < -0.3 is 10.6 Å². The number of nitrogens with two attached hydrogens (primary N) is 1. The van der Waals surface area contributed by atoms with Crippen LogP contribution in [-0.4, -0.2) is 44.9 Å². The van der Waals surface area contributed by atoms with Crippen LogP contribution in [0.25, 0.3) is 0 Å². The molecule has 1 amide bonds. The first-order valence-electron chi connectivity index (χ1n) is 7.61. The van der Waals surface area contributed by atoms with Gasteiger partial charge in [0.15, 0.2) is 5.69 Å². The molecule has 0 aliphatic carbocycles. The number of rotatable bonds is 4. The van der Waals surface area contributed by atoms with Crippen molar-refractivity contribution in [3.05, 3.63) is 34.3 Å². The number of hydrogen-bond acceptors (Lipinski definition) is 5. The molecule has 0 saturated carbocycles. The molecule has 0 aromatic carbocycles. The van der Waals surface area contributed by atoms with Crippen molar-refractivity contribution in [1.29, 1.82) is 0 Å². The Morgan fingerprint density at radius 3 is 2.91 bits per heavy atom. The van der Waals surface area contributed by atoms with E-state index in [4.69, 9.17) is 5.73 Å². The number of piperidine rings is 1. The van der Waals surface area contributed by atoms with Gasteiger partial charge in [-0.1, -0.05) is 11.3 Å². The van der Waals surface area contributed by atoms with Crippen molar-refractivity contribution < 1.29 is 4.79 Å². The van der Waals surface area contributed by atoms with Gasteiger partial charge in [-0.3, -0.25) is 4.79 Å². The highest BCUT2D eigenvalue weighted by Crippen LogP contribution is 2.20. The molecule has 1 atom stereocenters. The third-order valence-electron chi connectivity index (χ3n) is 4.23. The Hall–Kier alpha value is -1.73. The summed E-state index contributed by atoms with van der Waals surface area (Å²) in [5.41, 5.74) is 6.37. The fourth-order valence-corrected chi connectivity index (χ4v) is 3.52. The lowest BCUT2D eigenvalue weighted by Crippen LogP contribution is -2.42. The molecule has 1 aliphatic rings. The second-order valence-corrected chi connectivity index (χ2v) is 6.90. The zero-order chi connectivity index (χ0) is 15.5. The summed E-state index contributed by atoms with van der Waals surface area (Å²) in [5, 5.41) is 10.1. The fraction of sp³-hybridized carbons (Fsp3) is 0.533. The number of amides is 1. The average molecular weight is 319 g/mol. The van der Waals surface area contributed by atoms with Crippen LogP contribution >= 0.6 is 11.3 Å². The molecule has 0 radical (unpaired) electrons. The van der Waals surface area contributed by atoms with Crippen LogP contribution in [0.2, 0.25) is 0 Å². The molecule has 22 heavy (non-hydrogen) atoms. The average Bonchev–Trinajstić information content (AvgIpc) is 3.19. The van der Waals surface area contributed by atoms with Crippen LogP contribution in [-0.2, 0) is 6.54 Å². The van der Waals surface area contributed by atoms with Crippen LogP contribution in [0.3, 0.4) is 0 Å². The van der Waals surface area contributed by atoms with E-state index in [-0.39, 0.29) is 11.9 Å². The number of carbonyl (C=O) groups excluding carboxylic acids is 1. The predicted molar refractivity (Wildman–Crippen MR) is 85.7 cm³/mol. The standard InChI is InChI=1S/C15H21N5OS/c1-11(16)12-4-6-19(7-5-12)15(21)14-10-20(18-17-14)9-13-3-2-8-22-13/h2-3,8,10-12H,4-7,9,16H2,1H3. The zero-order valence-electron chi connectivity index (χ0n) is 12.7. The van der Waals surface area contributed by atoms with E-state index in [1.54, 1.807) is 22.2 Å². The van der Waals surface area contributed by atoms with Gasteiger partial charge in [0.25, 0.3) is 5.91 Å². The number of nitrogens with zero attached hydrogens (tertiary/aromatic N) is 4. The molecule has 6 nitrogen and oxygen atoms in total. The zero-order valence-corrected chi connectivity index (χ0v) is 13.5. The lowest BCUT2D eigenvalue weighted by atomic mass is 9.91. The summed E-state index contributed by atoms with van der Waals surface area (Å²) in [6, 6.07) is 4.25. The van der Waals surface area contributed by atoms with Gasteiger partial charge in [-0.2, -0.15) is 0 Å². The summed E-state index contributed by atoms with van der Waals surface area (Å²) >= 11 is 1.67. The Labute approximate surface area is 133 Å². The SMILES string of the molecule is CC(N)C1CCN(C(=O)c2cn(Cc3cccs3)nn2)CC1. The van der Waals surface area contributed by atoms with Gasteiger partial charge in [-0.15, -0.1) is 16.4 Å². The lowest BCUT2D eigenvalue weighted by molar-refractivity contribution is 0.0675. The molecule has 3 heterocycles. The van der Waals surface area contributed by atoms with Crippen LogP contribution in [0.1, 0.15) is 35.1 Å². The molecule has 2 aromatic heterocycles. The molecular formula is C15H21N5OS. The molecule has 7 heteroatoms. The third kappa shape index (κ3) is 3.36. The van der Waals surface area contributed by atoms with Crippen LogP contribution in [0, 0.1) is 5.92 Å². The number of carbonyl (C=O) groups is 1. The second kappa shape index (κ2) is 6.58. The Morgan fingerprint density at radius 1 is 1.50 bits per heavy atom. The molecule has 1 saturated heterocycles. The first kappa shape index (κ1) is 15.2. The summed E-state index contributed by atoms with van der Waals surface area (Å²) in [4.78, 5) is 15.5. The largest absolute Gasteiger partial charge is 0.337 e. The third-order valence-corrected chi connectivity index (χ3v) is 5.09. The molecule has 2 N–H and O–H groups in total. The first-order valence-corrected chi connectivity index (χ1v) is 8.49. The summed E-state index contributed by atoms with van der Waals surface area (Å²) in [6.45, 7) is 4.20. The number of thiophene rings is 1. The minimum Gasteiger partial charge on any atom is -0.337 e. The first-order chi connectivity index (χ1) is 10.6. The maximum absolute atomic E-state index is 12.5. The van der Waals surface area contributed by atoms with Gasteiger partial charge in [-0.25, -0.2) is 4.68 Å². The molecule has 3 rings (SSSR count). The fourth-order valence-electron chi connectivity index (χ4n) is 2.83. The summed E-state index contributed by atoms with van der Waals surface area (Å²) in [7, 11) is 0. The molecule has 118 valence electrons. The van der Waals surface area contributed by atoms with Gasteiger partial charge in [0.2, 0.25) is 0 Å². The van der Waals surface area contributed by atoms with Crippen LogP contribution in [0.5, 0.6) is 0 Å². The van der Waals surface area contributed by atoms with Crippen molar-refractivity contribution in [2.75, 3.05) is 13.1 Å². The molecule has 1 fully saturated rings. The molecule has 1 aliphatic heterocycles. The quantitative estimate of drug-likeness (QED) is 0.928. The van der Waals surface area contributed by atoms with Crippen molar-refractivity contribution in [3.8, 4) is 0 Å². The minimum atomic E-state index is -0.0273. The lowest BCUT2D eigenvalue weighted by Gasteiger charge is -2.33. The monoisotopic (exact) mass is 319 g/mol. The highest BCUT2D eigenvalue weighted by molar-refractivity contribution is 7.09. The smallest absolute Gasteiger partial charge is 0.276 e. The van der Waals surface area contributed by atoms with Gasteiger partial charge in [0, 0.05) is 24.0 Å². The Kier molecular flexibility index (Phi) is 4.54. The van der Waals surface area contributed by atoms with Gasteiger partial charge >= 0.3 is 0 Å². The van der Waals surface area contributed by atoms with Crippen molar-refractivity contribution in [2.24, 2.45) is 11.7 Å². The van der Waals surface area contributed by atoms with Crippen LogP contribution in [0.15, 0.2) is 23.7 Å². The van der Waals surface area contributed by atoms with Crippen molar-refractivity contribution in [1.82, 2.24) is 19.9 Å². The van der Waals surface area contributed by atoms with Crippen molar-refractivity contribution in [2.45, 2.75) is 32.4 Å². The summed E-state index contributed by atoms with van der Waals surface area (Å²) < 4.78 is 1.72. The van der Waals surface area contributed by atoms with Crippen LogP contribution in [0.4, 0.5) is 0 Å². The van der Waals surface area contributed by atoms with Gasteiger partial charge in [-0.05, 0) is 37.1 Å². The molecule has 2 aromatic rings. The summed E-state index contributed by atoms with van der Waals surface area (Å²) in [6.07, 6.45) is 3.67.